The van der Waals surface area contributed by atoms with E-state index in [0.717, 1.165) is 41.9 Å². The number of alkyl halides is 3. The molecule has 1 aliphatic heterocycles. The molecule has 1 unspecified atom stereocenters. The largest absolute Gasteiger partial charge is 0.573 e. The van der Waals surface area contributed by atoms with Gasteiger partial charge in [0.1, 0.15) is 5.75 Å². The topological polar surface area (TPSA) is 55.8 Å². The molecule has 1 heterocycles. The summed E-state index contributed by atoms with van der Waals surface area (Å²) in [4.78, 5) is 26.3. The zero-order valence-corrected chi connectivity index (χ0v) is 14.3. The summed E-state index contributed by atoms with van der Waals surface area (Å²) < 4.78 is 45.4. The van der Waals surface area contributed by atoms with Crippen molar-refractivity contribution in [3.63, 3.8) is 0 Å². The number of ether oxygens (including phenoxy) is 2. The van der Waals surface area contributed by atoms with Crippen LogP contribution >= 0.6 is 0 Å². The Labute approximate surface area is 153 Å². The minimum Gasteiger partial charge on any atom is -0.449 e. The maximum atomic E-state index is 12.6. The van der Waals surface area contributed by atoms with Gasteiger partial charge in [-0.1, -0.05) is 18.2 Å². The fourth-order valence-electron chi connectivity index (χ4n) is 2.86. The molecule has 1 atom stereocenters. The fraction of sp³-hybridized carbons (Fsp3) is 0.263. The smallest absolute Gasteiger partial charge is 0.449 e. The van der Waals surface area contributed by atoms with Gasteiger partial charge in [-0.05, 0) is 49.2 Å². The van der Waals surface area contributed by atoms with Crippen molar-refractivity contribution in [1.82, 2.24) is 0 Å². The minimum atomic E-state index is -4.81. The number of esters is 1. The van der Waals surface area contributed by atoms with Crippen molar-refractivity contribution in [2.24, 2.45) is 0 Å². The van der Waals surface area contributed by atoms with Crippen molar-refractivity contribution in [2.75, 3.05) is 11.4 Å². The first-order valence-electron chi connectivity index (χ1n) is 8.21. The van der Waals surface area contributed by atoms with E-state index in [1.807, 2.05) is 24.3 Å². The molecule has 27 heavy (non-hydrogen) atoms. The average Bonchev–Trinajstić information content (AvgIpc) is 3.04. The van der Waals surface area contributed by atoms with E-state index in [1.54, 1.807) is 4.90 Å². The molecule has 0 radical (unpaired) electrons. The van der Waals surface area contributed by atoms with E-state index >= 15 is 0 Å². The molecule has 0 saturated carbocycles. The van der Waals surface area contributed by atoms with Crippen LogP contribution in [0.1, 0.15) is 22.8 Å². The van der Waals surface area contributed by atoms with Crippen LogP contribution in [0.4, 0.5) is 18.9 Å². The highest BCUT2D eigenvalue weighted by Crippen LogP contribution is 2.28. The number of fused-ring (bicyclic) bond motifs is 1. The number of rotatable bonds is 4. The highest BCUT2D eigenvalue weighted by molar-refractivity contribution is 6.00. The summed E-state index contributed by atoms with van der Waals surface area (Å²) in [6.07, 6.45) is -5.12. The summed E-state index contributed by atoms with van der Waals surface area (Å²) in [5.74, 6) is -1.61. The Hall–Kier alpha value is -3.03. The Morgan fingerprint density at radius 2 is 1.74 bits per heavy atom. The van der Waals surface area contributed by atoms with Crippen molar-refractivity contribution < 1.29 is 32.2 Å². The molecule has 2 aromatic rings. The number of halogens is 3. The first-order valence-corrected chi connectivity index (χ1v) is 8.21. The van der Waals surface area contributed by atoms with Crippen LogP contribution in [0.25, 0.3) is 0 Å². The standard InChI is InChI=1S/C19H16F3NO4/c1-12(17(24)23-11-10-13-4-2-3-5-16(13)23)26-18(25)14-6-8-15(9-7-14)27-19(20,21)22/h2-9,12H,10-11H2,1H3. The monoisotopic (exact) mass is 379 g/mol. The highest BCUT2D eigenvalue weighted by atomic mass is 19.4. The van der Waals surface area contributed by atoms with Gasteiger partial charge in [0.15, 0.2) is 6.10 Å². The zero-order chi connectivity index (χ0) is 19.6. The van der Waals surface area contributed by atoms with E-state index in [4.69, 9.17) is 4.74 Å². The molecule has 0 N–H and O–H groups in total. The molecule has 1 aliphatic rings. The third kappa shape index (κ3) is 4.39. The lowest BCUT2D eigenvalue weighted by molar-refractivity contribution is -0.274. The van der Waals surface area contributed by atoms with E-state index in [2.05, 4.69) is 4.74 Å². The van der Waals surface area contributed by atoms with E-state index in [1.165, 1.54) is 6.92 Å². The van der Waals surface area contributed by atoms with Gasteiger partial charge in [0.05, 0.1) is 5.56 Å². The molecule has 0 spiro atoms. The quantitative estimate of drug-likeness (QED) is 0.760. The summed E-state index contributed by atoms with van der Waals surface area (Å²) in [5.41, 5.74) is 1.86. The van der Waals surface area contributed by atoms with Crippen LogP contribution in [0.2, 0.25) is 0 Å². The first-order chi connectivity index (χ1) is 12.7. The fourth-order valence-corrected chi connectivity index (χ4v) is 2.86. The minimum absolute atomic E-state index is 0.0194. The van der Waals surface area contributed by atoms with Gasteiger partial charge < -0.3 is 14.4 Å². The van der Waals surface area contributed by atoms with Gasteiger partial charge in [-0.25, -0.2) is 4.79 Å². The van der Waals surface area contributed by atoms with Gasteiger partial charge in [0.25, 0.3) is 5.91 Å². The summed E-state index contributed by atoms with van der Waals surface area (Å²) >= 11 is 0. The Kier molecular flexibility index (Phi) is 5.07. The molecule has 0 aliphatic carbocycles. The Morgan fingerprint density at radius 3 is 2.41 bits per heavy atom. The molecule has 0 saturated heterocycles. The number of anilines is 1. The van der Waals surface area contributed by atoms with Gasteiger partial charge in [0, 0.05) is 12.2 Å². The van der Waals surface area contributed by atoms with Crippen molar-refractivity contribution >= 4 is 17.6 Å². The lowest BCUT2D eigenvalue weighted by Gasteiger charge is -2.21. The maximum absolute atomic E-state index is 12.6. The summed E-state index contributed by atoms with van der Waals surface area (Å²) in [6, 6.07) is 11.8. The van der Waals surface area contributed by atoms with Crippen LogP contribution in [0.5, 0.6) is 5.75 Å². The number of carbonyl (C=O) groups is 2. The Morgan fingerprint density at radius 1 is 1.07 bits per heavy atom. The van der Waals surface area contributed by atoms with Crippen molar-refractivity contribution in [2.45, 2.75) is 25.8 Å². The van der Waals surface area contributed by atoms with Crippen LogP contribution in [0, 0.1) is 0 Å². The van der Waals surface area contributed by atoms with Crippen LogP contribution in [-0.4, -0.2) is 30.9 Å². The van der Waals surface area contributed by atoms with E-state index in [0.29, 0.717) is 6.54 Å². The average molecular weight is 379 g/mol. The molecule has 2 aromatic carbocycles. The maximum Gasteiger partial charge on any atom is 0.573 e. The second kappa shape index (κ2) is 7.30. The van der Waals surface area contributed by atoms with Crippen molar-refractivity contribution in [3.05, 3.63) is 59.7 Å². The molecule has 142 valence electrons. The molecular weight excluding hydrogens is 363 g/mol. The predicted molar refractivity (Wildman–Crippen MR) is 90.5 cm³/mol. The van der Waals surface area contributed by atoms with E-state index < -0.39 is 24.2 Å². The van der Waals surface area contributed by atoms with E-state index in [9.17, 15) is 22.8 Å². The number of hydrogen-bond donors (Lipinski definition) is 0. The van der Waals surface area contributed by atoms with Crippen LogP contribution in [0.15, 0.2) is 48.5 Å². The molecule has 5 nitrogen and oxygen atoms in total. The Balaban J connectivity index is 1.63. The Bertz CT molecular complexity index is 849. The number of para-hydroxylation sites is 1. The van der Waals surface area contributed by atoms with Crippen molar-refractivity contribution in [3.8, 4) is 5.75 Å². The highest BCUT2D eigenvalue weighted by Gasteiger charge is 2.32. The SMILES string of the molecule is CC(OC(=O)c1ccc(OC(F)(F)F)cc1)C(=O)N1CCc2ccccc21. The van der Waals surface area contributed by atoms with Crippen LogP contribution in [0.3, 0.4) is 0 Å². The summed E-state index contributed by atoms with van der Waals surface area (Å²) in [7, 11) is 0. The van der Waals surface area contributed by atoms with Gasteiger partial charge >= 0.3 is 12.3 Å². The van der Waals surface area contributed by atoms with Crippen LogP contribution < -0.4 is 9.64 Å². The molecule has 8 heteroatoms. The van der Waals surface area contributed by atoms with Gasteiger partial charge in [0.2, 0.25) is 0 Å². The molecule has 0 aromatic heterocycles. The van der Waals surface area contributed by atoms with Gasteiger partial charge in [-0.3, -0.25) is 4.79 Å². The van der Waals surface area contributed by atoms with Crippen LogP contribution in [-0.2, 0) is 16.0 Å². The summed E-state index contributed by atoms with van der Waals surface area (Å²) in [6.45, 7) is 1.96. The molecule has 0 bridgehead atoms. The molecular formula is C19H16F3NO4. The molecule has 1 amide bonds. The number of benzene rings is 2. The lowest BCUT2D eigenvalue weighted by atomic mass is 10.2. The first kappa shape index (κ1) is 18.8. The third-order valence-electron chi connectivity index (χ3n) is 4.11. The third-order valence-corrected chi connectivity index (χ3v) is 4.11. The predicted octanol–water partition coefficient (Wildman–Crippen LogP) is 3.72. The lowest BCUT2D eigenvalue weighted by Crippen LogP contribution is -2.39. The zero-order valence-electron chi connectivity index (χ0n) is 14.3. The summed E-state index contributed by atoms with van der Waals surface area (Å²) in [5, 5.41) is 0. The van der Waals surface area contributed by atoms with Gasteiger partial charge in [-0.15, -0.1) is 13.2 Å². The number of amides is 1. The number of nitrogens with zero attached hydrogens (tertiary/aromatic N) is 1. The number of carbonyl (C=O) groups excluding carboxylic acids is 2. The normalized spacial score (nSPS) is 14.4. The second-order valence-electron chi connectivity index (χ2n) is 5.99. The van der Waals surface area contributed by atoms with Crippen molar-refractivity contribution in [1.29, 1.82) is 0 Å². The molecule has 3 rings (SSSR count). The van der Waals surface area contributed by atoms with E-state index in [-0.39, 0.29) is 11.5 Å². The molecule has 0 fully saturated rings. The second-order valence-corrected chi connectivity index (χ2v) is 5.99. The van der Waals surface area contributed by atoms with Gasteiger partial charge in [-0.2, -0.15) is 0 Å². The number of hydrogen-bond acceptors (Lipinski definition) is 4.